The summed E-state index contributed by atoms with van der Waals surface area (Å²) in [6.45, 7) is 7.37. The number of nitrogens with one attached hydrogen (secondary N) is 1. The van der Waals surface area contributed by atoms with Gasteiger partial charge in [0.05, 0.1) is 11.9 Å². The second-order valence-electron chi connectivity index (χ2n) is 8.64. The standard InChI is InChI=1S/C25H33Cl2N3O4S/c1-6-7-12-28-25(32)19(4)29(15-20-9-10-21(26)14-22(20)27)24(31)16-30(35(5,33)34)23-11-8-17(2)13-18(23)3/h8-11,13-14,19H,6-7,12,15-16H2,1-5H3,(H,28,32)/t19-/m0/s1. The molecule has 0 heterocycles. The molecule has 35 heavy (non-hydrogen) atoms. The van der Waals surface area contributed by atoms with Crippen molar-refractivity contribution in [2.75, 3.05) is 23.7 Å². The van der Waals surface area contributed by atoms with Crippen LogP contribution in [0, 0.1) is 13.8 Å². The van der Waals surface area contributed by atoms with Crippen molar-refractivity contribution >= 4 is 50.7 Å². The Hall–Kier alpha value is -2.29. The molecule has 0 spiro atoms. The number of rotatable bonds is 11. The largest absolute Gasteiger partial charge is 0.354 e. The maximum absolute atomic E-state index is 13.6. The number of carbonyl (C=O) groups excluding carboxylic acids is 2. The normalized spacial score (nSPS) is 12.2. The van der Waals surface area contributed by atoms with Crippen LogP contribution in [0.4, 0.5) is 5.69 Å². The van der Waals surface area contributed by atoms with Crippen molar-refractivity contribution in [2.45, 2.75) is 53.1 Å². The number of amides is 2. The van der Waals surface area contributed by atoms with Crippen LogP contribution >= 0.6 is 23.2 Å². The van der Waals surface area contributed by atoms with E-state index in [1.54, 1.807) is 44.2 Å². The van der Waals surface area contributed by atoms with Crippen LogP contribution in [0.25, 0.3) is 0 Å². The number of hydrogen-bond acceptors (Lipinski definition) is 4. The predicted octanol–water partition coefficient (Wildman–Crippen LogP) is 4.71. The Morgan fingerprint density at radius 2 is 1.77 bits per heavy atom. The van der Waals surface area contributed by atoms with Gasteiger partial charge in [-0.2, -0.15) is 0 Å². The average molecular weight is 543 g/mol. The van der Waals surface area contributed by atoms with E-state index in [0.29, 0.717) is 27.8 Å². The van der Waals surface area contributed by atoms with Crippen LogP contribution in [-0.2, 0) is 26.2 Å². The third kappa shape index (κ3) is 8.12. The summed E-state index contributed by atoms with van der Waals surface area (Å²) >= 11 is 12.4. The third-order valence-electron chi connectivity index (χ3n) is 5.65. The summed E-state index contributed by atoms with van der Waals surface area (Å²) in [7, 11) is -3.79. The molecule has 7 nitrogen and oxygen atoms in total. The summed E-state index contributed by atoms with van der Waals surface area (Å²) in [4.78, 5) is 27.8. The fraction of sp³-hybridized carbons (Fsp3) is 0.440. The lowest BCUT2D eigenvalue weighted by Gasteiger charge is -2.32. The van der Waals surface area contributed by atoms with Crippen molar-refractivity contribution in [2.24, 2.45) is 0 Å². The molecular formula is C25H33Cl2N3O4S. The molecule has 1 atom stereocenters. The van der Waals surface area contributed by atoms with Crippen molar-refractivity contribution in [1.29, 1.82) is 0 Å². The van der Waals surface area contributed by atoms with Gasteiger partial charge in [0, 0.05) is 23.1 Å². The van der Waals surface area contributed by atoms with Gasteiger partial charge in [0.25, 0.3) is 0 Å². The Morgan fingerprint density at radius 3 is 2.34 bits per heavy atom. The predicted molar refractivity (Wildman–Crippen MR) is 142 cm³/mol. The van der Waals surface area contributed by atoms with Crippen LogP contribution in [-0.4, -0.2) is 50.5 Å². The molecule has 1 N–H and O–H groups in total. The topological polar surface area (TPSA) is 86.8 Å². The van der Waals surface area contributed by atoms with Gasteiger partial charge in [0.1, 0.15) is 12.6 Å². The van der Waals surface area contributed by atoms with Crippen LogP contribution in [0.3, 0.4) is 0 Å². The average Bonchev–Trinajstić information content (AvgIpc) is 2.76. The fourth-order valence-electron chi connectivity index (χ4n) is 3.63. The lowest BCUT2D eigenvalue weighted by molar-refractivity contribution is -0.139. The molecule has 0 aromatic heterocycles. The first kappa shape index (κ1) is 28.9. The zero-order valence-corrected chi connectivity index (χ0v) is 23.1. The van der Waals surface area contributed by atoms with Crippen molar-refractivity contribution in [1.82, 2.24) is 10.2 Å². The van der Waals surface area contributed by atoms with Gasteiger partial charge < -0.3 is 10.2 Å². The maximum atomic E-state index is 13.6. The Kier molecular flexibility index (Phi) is 10.4. The van der Waals surface area contributed by atoms with Crippen LogP contribution < -0.4 is 9.62 Å². The number of halogens is 2. The minimum atomic E-state index is -3.79. The van der Waals surface area contributed by atoms with Gasteiger partial charge in [-0.05, 0) is 56.5 Å². The number of hydrogen-bond donors (Lipinski definition) is 1. The van der Waals surface area contributed by atoms with E-state index in [9.17, 15) is 18.0 Å². The molecule has 2 aromatic carbocycles. The van der Waals surface area contributed by atoms with Gasteiger partial charge >= 0.3 is 0 Å². The Labute approximate surface area is 218 Å². The quantitative estimate of drug-likeness (QED) is 0.417. The van der Waals surface area contributed by atoms with Crippen molar-refractivity contribution < 1.29 is 18.0 Å². The van der Waals surface area contributed by atoms with Crippen LogP contribution in [0.5, 0.6) is 0 Å². The highest BCUT2D eigenvalue weighted by atomic mass is 35.5. The fourth-order valence-corrected chi connectivity index (χ4v) is 5.01. The van der Waals surface area contributed by atoms with Gasteiger partial charge in [0.2, 0.25) is 21.8 Å². The van der Waals surface area contributed by atoms with E-state index in [2.05, 4.69) is 5.32 Å². The molecule has 2 amide bonds. The maximum Gasteiger partial charge on any atom is 0.244 e. The highest BCUT2D eigenvalue weighted by molar-refractivity contribution is 7.92. The van der Waals surface area contributed by atoms with Crippen molar-refractivity contribution in [3.63, 3.8) is 0 Å². The molecular weight excluding hydrogens is 509 g/mol. The van der Waals surface area contributed by atoms with E-state index in [1.165, 1.54) is 4.90 Å². The van der Waals surface area contributed by atoms with Gasteiger partial charge in [-0.1, -0.05) is 60.3 Å². The minimum Gasteiger partial charge on any atom is -0.354 e. The Balaban J connectivity index is 2.42. The minimum absolute atomic E-state index is 0.0156. The molecule has 10 heteroatoms. The van der Waals surface area contributed by atoms with E-state index in [4.69, 9.17) is 23.2 Å². The van der Waals surface area contributed by atoms with E-state index >= 15 is 0 Å². The third-order valence-corrected chi connectivity index (χ3v) is 7.37. The summed E-state index contributed by atoms with van der Waals surface area (Å²) in [5, 5.41) is 3.63. The number of unbranched alkanes of at least 4 members (excludes halogenated alkanes) is 1. The summed E-state index contributed by atoms with van der Waals surface area (Å²) in [5.74, 6) is -0.853. The molecule has 0 saturated carbocycles. The zero-order valence-electron chi connectivity index (χ0n) is 20.8. The van der Waals surface area contributed by atoms with E-state index in [0.717, 1.165) is 34.5 Å². The smallest absolute Gasteiger partial charge is 0.244 e. The van der Waals surface area contributed by atoms with Crippen molar-refractivity contribution in [3.8, 4) is 0 Å². The van der Waals surface area contributed by atoms with Gasteiger partial charge in [0.15, 0.2) is 0 Å². The van der Waals surface area contributed by atoms with Gasteiger partial charge in [-0.15, -0.1) is 0 Å². The number of anilines is 1. The Morgan fingerprint density at radius 1 is 1.09 bits per heavy atom. The molecule has 0 bridgehead atoms. The molecule has 0 fully saturated rings. The molecule has 2 aromatic rings. The zero-order chi connectivity index (χ0) is 26.3. The van der Waals surface area contributed by atoms with Crippen molar-refractivity contribution in [3.05, 3.63) is 63.1 Å². The highest BCUT2D eigenvalue weighted by Gasteiger charge is 2.30. The number of sulfonamides is 1. The van der Waals surface area contributed by atoms with Crippen LogP contribution in [0.15, 0.2) is 36.4 Å². The number of nitrogens with zero attached hydrogens (tertiary/aromatic N) is 2. The molecule has 0 aliphatic carbocycles. The van der Waals surface area contributed by atoms with Gasteiger partial charge in [-0.3, -0.25) is 13.9 Å². The molecule has 192 valence electrons. The van der Waals surface area contributed by atoms with Crippen LogP contribution in [0.1, 0.15) is 43.4 Å². The first-order chi connectivity index (χ1) is 16.3. The second-order valence-corrected chi connectivity index (χ2v) is 11.4. The number of carbonyl (C=O) groups is 2. The lowest BCUT2D eigenvalue weighted by atomic mass is 10.1. The number of aryl methyl sites for hydroxylation is 2. The molecule has 0 radical (unpaired) electrons. The van der Waals surface area contributed by atoms with Crippen LogP contribution in [0.2, 0.25) is 10.0 Å². The van der Waals surface area contributed by atoms with Gasteiger partial charge in [-0.25, -0.2) is 8.42 Å². The molecule has 2 rings (SSSR count). The summed E-state index contributed by atoms with van der Waals surface area (Å²) in [6.07, 6.45) is 2.78. The SMILES string of the molecule is CCCCNC(=O)[C@H](C)N(Cc1ccc(Cl)cc1Cl)C(=O)CN(c1ccc(C)cc1C)S(C)(=O)=O. The number of benzene rings is 2. The summed E-state index contributed by atoms with van der Waals surface area (Å²) in [5.41, 5.74) is 2.70. The summed E-state index contributed by atoms with van der Waals surface area (Å²) < 4.78 is 26.5. The molecule has 0 unspecified atom stereocenters. The second kappa shape index (κ2) is 12.6. The molecule has 0 aliphatic rings. The molecule has 0 saturated heterocycles. The van der Waals surface area contributed by atoms with E-state index < -0.39 is 28.5 Å². The van der Waals surface area contributed by atoms with E-state index in [-0.39, 0.29) is 12.5 Å². The molecule has 0 aliphatic heterocycles. The lowest BCUT2D eigenvalue weighted by Crippen LogP contribution is -2.51. The Bertz CT molecular complexity index is 1170. The van der Waals surface area contributed by atoms with E-state index in [1.807, 2.05) is 19.9 Å². The summed E-state index contributed by atoms with van der Waals surface area (Å²) in [6, 6.07) is 9.37. The first-order valence-electron chi connectivity index (χ1n) is 11.4. The first-order valence-corrected chi connectivity index (χ1v) is 14.0. The highest BCUT2D eigenvalue weighted by Crippen LogP contribution is 2.26. The monoisotopic (exact) mass is 541 g/mol.